The van der Waals surface area contributed by atoms with Crippen molar-refractivity contribution in [1.29, 1.82) is 0 Å². The fourth-order valence-corrected chi connectivity index (χ4v) is 4.03. The van der Waals surface area contributed by atoms with Gasteiger partial charge in [0, 0.05) is 6.42 Å². The summed E-state index contributed by atoms with van der Waals surface area (Å²) in [4.78, 5) is 34.1. The zero-order chi connectivity index (χ0) is 26.5. The number of allylic oxidation sites excluding steroid dienone is 1. The highest BCUT2D eigenvalue weighted by atomic mass is 32.2. The number of hydrogen-bond acceptors (Lipinski definition) is 7. The summed E-state index contributed by atoms with van der Waals surface area (Å²) in [7, 11) is -4.90. The van der Waals surface area contributed by atoms with E-state index < -0.39 is 33.7 Å². The van der Waals surface area contributed by atoms with Gasteiger partial charge in [-0.3, -0.25) is 18.9 Å². The minimum atomic E-state index is -4.90. The number of carboxylic acids is 1. The van der Waals surface area contributed by atoms with E-state index in [0.29, 0.717) is 12.8 Å². The van der Waals surface area contributed by atoms with Crippen molar-refractivity contribution in [2.45, 2.75) is 108 Å². The van der Waals surface area contributed by atoms with Crippen LogP contribution in [0, 0.1) is 0 Å². The molecule has 0 heterocycles. The van der Waals surface area contributed by atoms with E-state index >= 15 is 0 Å². The molecular formula is C24H43NO9S. The van der Waals surface area contributed by atoms with E-state index in [4.69, 9.17) is 9.66 Å². The molecule has 0 aromatic heterocycles. The largest absolute Gasteiger partial charge is 0.481 e. The summed E-state index contributed by atoms with van der Waals surface area (Å²) in [6, 6.07) is 0. The summed E-state index contributed by atoms with van der Waals surface area (Å²) in [6.45, 7) is 1.79. The van der Waals surface area contributed by atoms with Gasteiger partial charge in [-0.15, -0.1) is 0 Å². The lowest BCUT2D eigenvalue weighted by molar-refractivity contribution is -0.147. The van der Waals surface area contributed by atoms with E-state index in [9.17, 15) is 27.9 Å². The van der Waals surface area contributed by atoms with E-state index in [-0.39, 0.29) is 25.2 Å². The molecule has 204 valence electrons. The summed E-state index contributed by atoms with van der Waals surface area (Å²) in [5, 5.41) is 18.9. The molecule has 0 fully saturated rings. The SMILES string of the molecule is CCCCCCC(O)CC=CCCCCCCCC(=O)NCCOC(=O)C(CC(=O)O)S(=O)(=O)O. The van der Waals surface area contributed by atoms with Crippen LogP contribution in [0.25, 0.3) is 0 Å². The summed E-state index contributed by atoms with van der Waals surface area (Å²) in [5.74, 6) is -3.18. The Hall–Kier alpha value is -1.98. The lowest BCUT2D eigenvalue weighted by Crippen LogP contribution is -2.36. The first kappa shape index (κ1) is 33.0. The lowest BCUT2D eigenvalue weighted by Gasteiger charge is -2.12. The molecule has 0 bridgehead atoms. The van der Waals surface area contributed by atoms with Gasteiger partial charge in [-0.2, -0.15) is 8.42 Å². The van der Waals surface area contributed by atoms with Crippen LogP contribution in [0.2, 0.25) is 0 Å². The van der Waals surface area contributed by atoms with Gasteiger partial charge in [0.1, 0.15) is 6.61 Å². The number of carboxylic acid groups (broad SMARTS) is 1. The Morgan fingerprint density at radius 3 is 2.29 bits per heavy atom. The van der Waals surface area contributed by atoms with Crippen LogP contribution in [0.5, 0.6) is 0 Å². The fraction of sp³-hybridized carbons (Fsp3) is 0.792. The molecular weight excluding hydrogens is 478 g/mol. The number of hydrogen-bond donors (Lipinski definition) is 4. The van der Waals surface area contributed by atoms with Crippen LogP contribution in [0.3, 0.4) is 0 Å². The fourth-order valence-electron chi connectivity index (χ4n) is 3.37. The van der Waals surface area contributed by atoms with E-state index in [2.05, 4.69) is 29.1 Å². The summed E-state index contributed by atoms with van der Waals surface area (Å²) in [5.41, 5.74) is 0. The van der Waals surface area contributed by atoms with Gasteiger partial charge in [0.05, 0.1) is 19.1 Å². The highest BCUT2D eigenvalue weighted by Gasteiger charge is 2.34. The number of amides is 1. The molecule has 35 heavy (non-hydrogen) atoms. The van der Waals surface area contributed by atoms with Crippen LogP contribution in [0.15, 0.2) is 12.2 Å². The molecule has 0 saturated carbocycles. The molecule has 0 aromatic carbocycles. The topological polar surface area (TPSA) is 167 Å². The smallest absolute Gasteiger partial charge is 0.327 e. The Morgan fingerprint density at radius 2 is 1.63 bits per heavy atom. The Bertz CT molecular complexity index is 737. The molecule has 10 nitrogen and oxygen atoms in total. The summed E-state index contributed by atoms with van der Waals surface area (Å²) >= 11 is 0. The van der Waals surface area contributed by atoms with Crippen molar-refractivity contribution >= 4 is 28.0 Å². The lowest BCUT2D eigenvalue weighted by atomic mass is 10.1. The number of unbranched alkanes of at least 4 members (excludes halogenated alkanes) is 8. The van der Waals surface area contributed by atoms with Crippen molar-refractivity contribution in [3.63, 3.8) is 0 Å². The first-order chi connectivity index (χ1) is 16.6. The second kappa shape index (κ2) is 20.2. The van der Waals surface area contributed by atoms with Crippen molar-refractivity contribution in [3.05, 3.63) is 12.2 Å². The Labute approximate surface area is 209 Å². The zero-order valence-corrected chi connectivity index (χ0v) is 21.6. The highest BCUT2D eigenvalue weighted by Crippen LogP contribution is 2.11. The van der Waals surface area contributed by atoms with Crippen LogP contribution >= 0.6 is 0 Å². The van der Waals surface area contributed by atoms with Crippen molar-refractivity contribution in [3.8, 4) is 0 Å². The minimum Gasteiger partial charge on any atom is -0.481 e. The number of rotatable bonds is 22. The van der Waals surface area contributed by atoms with Gasteiger partial charge in [-0.1, -0.05) is 64.0 Å². The van der Waals surface area contributed by atoms with Crippen LogP contribution < -0.4 is 5.32 Å². The number of carbonyl (C=O) groups excluding carboxylic acids is 2. The summed E-state index contributed by atoms with van der Waals surface area (Å²) < 4.78 is 35.8. The molecule has 4 N–H and O–H groups in total. The monoisotopic (exact) mass is 521 g/mol. The third-order valence-corrected chi connectivity index (χ3v) is 6.47. The van der Waals surface area contributed by atoms with Crippen LogP contribution in [-0.4, -0.2) is 65.5 Å². The van der Waals surface area contributed by atoms with E-state index in [1.54, 1.807) is 0 Å². The quantitative estimate of drug-likeness (QED) is 0.0722. The van der Waals surface area contributed by atoms with Gasteiger partial charge in [0.2, 0.25) is 5.91 Å². The summed E-state index contributed by atoms with van der Waals surface area (Å²) in [6.07, 6.45) is 15.2. The third-order valence-electron chi connectivity index (χ3n) is 5.39. The molecule has 2 atom stereocenters. The van der Waals surface area contributed by atoms with Gasteiger partial charge in [-0.25, -0.2) is 0 Å². The van der Waals surface area contributed by atoms with Gasteiger partial charge in [0.15, 0.2) is 5.25 Å². The second-order valence-electron chi connectivity index (χ2n) is 8.64. The van der Waals surface area contributed by atoms with E-state index in [1.165, 1.54) is 19.3 Å². The van der Waals surface area contributed by atoms with Gasteiger partial charge >= 0.3 is 11.9 Å². The number of ether oxygens (including phenoxy) is 1. The number of esters is 1. The molecule has 0 saturated heterocycles. The molecule has 0 rings (SSSR count). The predicted octanol–water partition coefficient (Wildman–Crippen LogP) is 3.39. The maximum Gasteiger partial charge on any atom is 0.327 e. The van der Waals surface area contributed by atoms with Crippen LogP contribution in [0.1, 0.15) is 96.8 Å². The van der Waals surface area contributed by atoms with Crippen LogP contribution in [0.4, 0.5) is 0 Å². The number of aliphatic hydroxyl groups is 1. The minimum absolute atomic E-state index is 0.0460. The van der Waals surface area contributed by atoms with Crippen molar-refractivity contribution < 1.29 is 42.3 Å². The third kappa shape index (κ3) is 20.0. The average Bonchev–Trinajstić information content (AvgIpc) is 2.78. The Morgan fingerprint density at radius 1 is 0.971 bits per heavy atom. The van der Waals surface area contributed by atoms with Crippen molar-refractivity contribution in [1.82, 2.24) is 5.32 Å². The predicted molar refractivity (Wildman–Crippen MR) is 132 cm³/mol. The maximum absolute atomic E-state index is 11.8. The highest BCUT2D eigenvalue weighted by molar-refractivity contribution is 7.87. The van der Waals surface area contributed by atoms with Crippen LogP contribution in [-0.2, 0) is 29.2 Å². The van der Waals surface area contributed by atoms with E-state index in [1.807, 2.05) is 0 Å². The molecule has 0 aliphatic heterocycles. The van der Waals surface area contributed by atoms with Gasteiger partial charge in [-0.05, 0) is 32.1 Å². The second-order valence-corrected chi connectivity index (χ2v) is 10.2. The Balaban J connectivity index is 3.72. The molecule has 2 unspecified atom stereocenters. The normalized spacial score (nSPS) is 13.5. The number of carbonyl (C=O) groups is 3. The molecule has 0 spiro atoms. The number of aliphatic hydroxyl groups excluding tert-OH is 1. The molecule has 0 aromatic rings. The molecule has 11 heteroatoms. The molecule has 0 aliphatic carbocycles. The van der Waals surface area contributed by atoms with E-state index in [0.717, 1.165) is 51.4 Å². The molecule has 1 amide bonds. The molecule has 0 aliphatic rings. The van der Waals surface area contributed by atoms with Gasteiger partial charge < -0.3 is 20.3 Å². The van der Waals surface area contributed by atoms with Gasteiger partial charge in [0.25, 0.3) is 10.1 Å². The van der Waals surface area contributed by atoms with Crippen molar-refractivity contribution in [2.75, 3.05) is 13.2 Å². The number of nitrogens with one attached hydrogen (secondary N) is 1. The maximum atomic E-state index is 11.8. The zero-order valence-electron chi connectivity index (χ0n) is 20.8. The Kier molecular flexibility index (Phi) is 19.1. The molecule has 0 radical (unpaired) electrons. The number of aliphatic carboxylic acids is 1. The first-order valence-corrected chi connectivity index (χ1v) is 14.0. The van der Waals surface area contributed by atoms with Crippen molar-refractivity contribution in [2.24, 2.45) is 0 Å². The first-order valence-electron chi connectivity index (χ1n) is 12.5. The average molecular weight is 522 g/mol. The standard InChI is InChI=1S/C24H43NO9S/c1-2-3-4-11-14-20(26)15-12-9-7-5-6-8-10-13-16-22(27)25-17-18-34-24(30)21(19-23(28)29)35(31,32)33/h9,12,20-21,26H,2-8,10-11,13-19H2,1H3,(H,25,27)(H,28,29)(H,31,32,33).